The van der Waals surface area contributed by atoms with E-state index in [0.717, 1.165) is 15.8 Å². The zero-order valence-electron chi connectivity index (χ0n) is 8.06. The maximum Gasteiger partial charge on any atom is 0.169 e. The van der Waals surface area contributed by atoms with Gasteiger partial charge in [-0.05, 0) is 41.3 Å². The normalized spacial score (nSPS) is 12.9. The molecule has 0 saturated carbocycles. The Labute approximate surface area is 91.3 Å². The molecular formula is C10H13BrOS. The fourth-order valence-corrected chi connectivity index (χ4v) is 3.17. The largest absolute Gasteiger partial charge is 0.294 e. The summed E-state index contributed by atoms with van der Waals surface area (Å²) in [5, 5.41) is 0. The average Bonchev–Trinajstić information content (AvgIpc) is 2.46. The summed E-state index contributed by atoms with van der Waals surface area (Å²) in [4.78, 5) is 13.2. The zero-order chi connectivity index (χ0) is 10.0. The van der Waals surface area contributed by atoms with Crippen LogP contribution in [-0.4, -0.2) is 5.78 Å². The third-order valence-electron chi connectivity index (χ3n) is 2.12. The van der Waals surface area contributed by atoms with Gasteiger partial charge in [0.1, 0.15) is 0 Å². The molecule has 0 amide bonds. The number of carbonyl (C=O) groups excluding carboxylic acids is 1. The van der Waals surface area contributed by atoms with E-state index in [1.807, 2.05) is 6.07 Å². The van der Waals surface area contributed by atoms with Crippen molar-refractivity contribution >= 4 is 33.0 Å². The Bertz CT molecular complexity index is 317. The van der Waals surface area contributed by atoms with Gasteiger partial charge in [0.2, 0.25) is 0 Å². The molecule has 3 heteroatoms. The SMILES string of the molecule is CCC(C)c1sc(C(C)=O)cc1Br. The molecule has 0 aliphatic carbocycles. The van der Waals surface area contributed by atoms with Gasteiger partial charge in [0.15, 0.2) is 5.78 Å². The fraction of sp³-hybridized carbons (Fsp3) is 0.500. The maximum absolute atomic E-state index is 11.1. The molecule has 0 aliphatic heterocycles. The molecule has 1 aromatic rings. The van der Waals surface area contributed by atoms with Crippen molar-refractivity contribution in [2.75, 3.05) is 0 Å². The van der Waals surface area contributed by atoms with Crippen LogP contribution in [0.25, 0.3) is 0 Å². The first-order chi connectivity index (χ1) is 6.06. The first kappa shape index (κ1) is 10.9. The van der Waals surface area contributed by atoms with Gasteiger partial charge in [-0.3, -0.25) is 4.79 Å². The van der Waals surface area contributed by atoms with Crippen LogP contribution in [0, 0.1) is 0 Å². The lowest BCUT2D eigenvalue weighted by atomic mass is 10.1. The van der Waals surface area contributed by atoms with Gasteiger partial charge >= 0.3 is 0 Å². The van der Waals surface area contributed by atoms with Crippen molar-refractivity contribution in [3.8, 4) is 0 Å². The summed E-state index contributed by atoms with van der Waals surface area (Å²) in [6, 6.07) is 1.93. The lowest BCUT2D eigenvalue weighted by molar-refractivity contribution is 0.102. The van der Waals surface area contributed by atoms with Crippen molar-refractivity contribution < 1.29 is 4.79 Å². The number of Topliss-reactive ketones (excluding diaryl/α,β-unsaturated/α-hetero) is 1. The van der Waals surface area contributed by atoms with E-state index in [4.69, 9.17) is 0 Å². The fourth-order valence-electron chi connectivity index (χ4n) is 1.08. The summed E-state index contributed by atoms with van der Waals surface area (Å²) in [5.74, 6) is 0.688. The Morgan fingerprint density at radius 1 is 1.69 bits per heavy atom. The Morgan fingerprint density at radius 3 is 2.69 bits per heavy atom. The third kappa shape index (κ3) is 2.41. The van der Waals surface area contributed by atoms with Crippen LogP contribution in [0.15, 0.2) is 10.5 Å². The second-order valence-corrected chi connectivity index (χ2v) is 5.13. The molecule has 0 fully saturated rings. The minimum absolute atomic E-state index is 0.153. The summed E-state index contributed by atoms with van der Waals surface area (Å²) in [5.41, 5.74) is 0. The molecule has 1 rings (SSSR count). The number of hydrogen-bond acceptors (Lipinski definition) is 2. The number of ketones is 1. The Hall–Kier alpha value is -0.150. The number of rotatable bonds is 3. The summed E-state index contributed by atoms with van der Waals surface area (Å²) in [6.07, 6.45) is 1.11. The van der Waals surface area contributed by atoms with Gasteiger partial charge in [0.25, 0.3) is 0 Å². The molecule has 0 aliphatic rings. The van der Waals surface area contributed by atoms with Crippen molar-refractivity contribution in [2.45, 2.75) is 33.1 Å². The van der Waals surface area contributed by atoms with E-state index in [2.05, 4.69) is 29.8 Å². The topological polar surface area (TPSA) is 17.1 Å². The van der Waals surface area contributed by atoms with E-state index in [0.29, 0.717) is 5.92 Å². The Morgan fingerprint density at radius 2 is 2.31 bits per heavy atom. The van der Waals surface area contributed by atoms with Gasteiger partial charge < -0.3 is 0 Å². The monoisotopic (exact) mass is 260 g/mol. The second kappa shape index (κ2) is 4.38. The van der Waals surface area contributed by atoms with Gasteiger partial charge in [0.05, 0.1) is 4.88 Å². The molecular weight excluding hydrogens is 248 g/mol. The Kier molecular flexibility index (Phi) is 3.68. The minimum Gasteiger partial charge on any atom is -0.294 e. The van der Waals surface area contributed by atoms with Crippen LogP contribution in [0.3, 0.4) is 0 Å². The van der Waals surface area contributed by atoms with Crippen molar-refractivity contribution in [1.82, 2.24) is 0 Å². The summed E-state index contributed by atoms with van der Waals surface area (Å²) in [7, 11) is 0. The van der Waals surface area contributed by atoms with Gasteiger partial charge in [-0.2, -0.15) is 0 Å². The zero-order valence-corrected chi connectivity index (χ0v) is 10.5. The number of carbonyl (C=O) groups is 1. The molecule has 13 heavy (non-hydrogen) atoms. The molecule has 1 heterocycles. The number of halogens is 1. The highest BCUT2D eigenvalue weighted by Gasteiger charge is 2.13. The van der Waals surface area contributed by atoms with Gasteiger partial charge in [0, 0.05) is 9.35 Å². The highest BCUT2D eigenvalue weighted by molar-refractivity contribution is 9.10. The van der Waals surface area contributed by atoms with Crippen molar-refractivity contribution in [3.63, 3.8) is 0 Å². The van der Waals surface area contributed by atoms with Crippen LogP contribution in [0.2, 0.25) is 0 Å². The molecule has 1 atom stereocenters. The van der Waals surface area contributed by atoms with Crippen molar-refractivity contribution in [2.24, 2.45) is 0 Å². The van der Waals surface area contributed by atoms with E-state index < -0.39 is 0 Å². The lowest BCUT2D eigenvalue weighted by Crippen LogP contribution is -1.87. The maximum atomic E-state index is 11.1. The molecule has 1 aromatic heterocycles. The predicted octanol–water partition coefficient (Wildman–Crippen LogP) is 4.23. The van der Waals surface area contributed by atoms with Crippen LogP contribution in [0.5, 0.6) is 0 Å². The molecule has 0 N–H and O–H groups in total. The smallest absolute Gasteiger partial charge is 0.169 e. The standard InChI is InChI=1S/C10H13BrOS/c1-4-6(2)10-8(11)5-9(13-10)7(3)12/h5-6H,4H2,1-3H3. The first-order valence-electron chi connectivity index (χ1n) is 4.36. The first-order valence-corrected chi connectivity index (χ1v) is 5.97. The quantitative estimate of drug-likeness (QED) is 0.744. The summed E-state index contributed by atoms with van der Waals surface area (Å²) < 4.78 is 1.08. The summed E-state index contributed by atoms with van der Waals surface area (Å²) in [6.45, 7) is 5.95. The van der Waals surface area contributed by atoms with Crippen LogP contribution in [0.4, 0.5) is 0 Å². The molecule has 72 valence electrons. The van der Waals surface area contributed by atoms with Gasteiger partial charge in [-0.25, -0.2) is 0 Å². The van der Waals surface area contributed by atoms with Crippen LogP contribution >= 0.6 is 27.3 Å². The highest BCUT2D eigenvalue weighted by atomic mass is 79.9. The van der Waals surface area contributed by atoms with E-state index >= 15 is 0 Å². The molecule has 1 unspecified atom stereocenters. The molecule has 0 bridgehead atoms. The predicted molar refractivity (Wildman–Crippen MR) is 60.7 cm³/mol. The molecule has 0 spiro atoms. The third-order valence-corrected chi connectivity index (χ3v) is 4.51. The van der Waals surface area contributed by atoms with E-state index in [1.165, 1.54) is 4.88 Å². The van der Waals surface area contributed by atoms with E-state index in [9.17, 15) is 4.79 Å². The molecule has 0 radical (unpaired) electrons. The van der Waals surface area contributed by atoms with Crippen LogP contribution in [-0.2, 0) is 0 Å². The van der Waals surface area contributed by atoms with Gasteiger partial charge in [-0.15, -0.1) is 11.3 Å². The van der Waals surface area contributed by atoms with Crippen LogP contribution < -0.4 is 0 Å². The molecule has 0 aromatic carbocycles. The van der Waals surface area contributed by atoms with Crippen molar-refractivity contribution in [1.29, 1.82) is 0 Å². The lowest BCUT2D eigenvalue weighted by Gasteiger charge is -2.04. The van der Waals surface area contributed by atoms with Crippen LogP contribution in [0.1, 0.15) is 47.7 Å². The molecule has 1 nitrogen and oxygen atoms in total. The minimum atomic E-state index is 0.153. The van der Waals surface area contributed by atoms with E-state index in [1.54, 1.807) is 18.3 Å². The average molecular weight is 261 g/mol. The second-order valence-electron chi connectivity index (χ2n) is 3.19. The van der Waals surface area contributed by atoms with Gasteiger partial charge in [-0.1, -0.05) is 13.8 Å². The van der Waals surface area contributed by atoms with Crippen molar-refractivity contribution in [3.05, 3.63) is 20.3 Å². The molecule has 0 saturated heterocycles. The highest BCUT2D eigenvalue weighted by Crippen LogP contribution is 2.35. The summed E-state index contributed by atoms with van der Waals surface area (Å²) >= 11 is 5.09. The number of thiophene rings is 1. The Balaban J connectivity index is 3.02. The number of hydrogen-bond donors (Lipinski definition) is 0. The van der Waals surface area contributed by atoms with E-state index in [-0.39, 0.29) is 5.78 Å².